The van der Waals surface area contributed by atoms with Crippen molar-refractivity contribution in [3.63, 3.8) is 0 Å². The Hall–Kier alpha value is -3.36. The molecule has 3 heterocycles. The Labute approximate surface area is 192 Å². The van der Waals surface area contributed by atoms with Crippen molar-refractivity contribution in [2.24, 2.45) is 5.92 Å². The lowest BCUT2D eigenvalue weighted by Crippen LogP contribution is -2.37. The van der Waals surface area contributed by atoms with E-state index in [1.165, 1.54) is 4.90 Å². The first kappa shape index (κ1) is 19.3. The molecular weight excluding hydrogens is 476 g/mol. The average molecular weight is 493 g/mol. The van der Waals surface area contributed by atoms with E-state index in [-0.39, 0.29) is 18.6 Å². The lowest BCUT2D eigenvalue weighted by Gasteiger charge is -2.28. The van der Waals surface area contributed by atoms with Crippen molar-refractivity contribution in [2.75, 3.05) is 16.8 Å². The molecule has 160 valence electrons. The number of carbonyl (C=O) groups is 2. The lowest BCUT2D eigenvalue weighted by atomic mass is 9.90. The molecule has 3 aromatic rings. The minimum atomic E-state index is -0.915. The monoisotopic (exact) mass is 492 g/mol. The highest BCUT2D eigenvalue weighted by Gasteiger charge is 2.60. The maximum atomic E-state index is 13.6. The highest BCUT2D eigenvalue weighted by atomic mass is 79.9. The zero-order valence-electron chi connectivity index (χ0n) is 16.7. The Kier molecular flexibility index (Phi) is 4.44. The second-order valence-corrected chi connectivity index (χ2v) is 8.67. The smallest absolute Gasteiger partial charge is 0.266 e. The van der Waals surface area contributed by atoms with Crippen LogP contribution in [0.15, 0.2) is 77.3 Å². The normalized spacial score (nSPS) is 23.7. The predicted molar refractivity (Wildman–Crippen MR) is 119 cm³/mol. The van der Waals surface area contributed by atoms with Crippen molar-refractivity contribution in [3.8, 4) is 11.5 Å². The van der Waals surface area contributed by atoms with Gasteiger partial charge in [0.2, 0.25) is 12.7 Å². The fourth-order valence-corrected chi connectivity index (χ4v) is 4.76. The van der Waals surface area contributed by atoms with Crippen LogP contribution in [0.1, 0.15) is 11.6 Å². The number of ether oxygens (including phenoxy) is 2. The summed E-state index contributed by atoms with van der Waals surface area (Å²) in [6.07, 6.45) is -0.915. The molecule has 3 aliphatic heterocycles. The molecule has 0 N–H and O–H groups in total. The summed E-state index contributed by atoms with van der Waals surface area (Å²) in [5.74, 6) is -0.0945. The molecule has 2 saturated heterocycles. The first-order valence-corrected chi connectivity index (χ1v) is 10.9. The van der Waals surface area contributed by atoms with Crippen molar-refractivity contribution >= 4 is 39.1 Å². The summed E-state index contributed by atoms with van der Waals surface area (Å²) in [5.41, 5.74) is 2.10. The number of hydrogen-bond acceptors (Lipinski definition) is 6. The number of hydroxylamine groups is 1. The van der Waals surface area contributed by atoms with Crippen molar-refractivity contribution in [2.45, 2.75) is 12.1 Å². The third-order valence-corrected chi connectivity index (χ3v) is 6.48. The van der Waals surface area contributed by atoms with Gasteiger partial charge in [0.05, 0.1) is 17.4 Å². The topological polar surface area (TPSA) is 68.3 Å². The minimum Gasteiger partial charge on any atom is -0.454 e. The highest BCUT2D eigenvalue weighted by Crippen LogP contribution is 2.49. The number of hydrogen-bond donors (Lipinski definition) is 0. The molecule has 0 aromatic heterocycles. The zero-order chi connectivity index (χ0) is 21.8. The van der Waals surface area contributed by atoms with Gasteiger partial charge >= 0.3 is 0 Å². The highest BCUT2D eigenvalue weighted by molar-refractivity contribution is 9.10. The summed E-state index contributed by atoms with van der Waals surface area (Å²) in [6.45, 7) is 0.156. The van der Waals surface area contributed by atoms with Crippen LogP contribution >= 0.6 is 15.9 Å². The van der Waals surface area contributed by atoms with Gasteiger partial charge in [-0.3, -0.25) is 14.4 Å². The van der Waals surface area contributed by atoms with Crippen LogP contribution in [-0.4, -0.2) is 24.7 Å². The number of fused-ring (bicyclic) bond motifs is 2. The second-order valence-electron chi connectivity index (χ2n) is 7.76. The first-order chi connectivity index (χ1) is 15.6. The Bertz CT molecular complexity index is 1220. The van der Waals surface area contributed by atoms with Crippen molar-refractivity contribution in [3.05, 3.63) is 82.8 Å². The predicted octanol–water partition coefficient (Wildman–Crippen LogP) is 4.23. The molecule has 0 saturated carbocycles. The molecule has 2 amide bonds. The van der Waals surface area contributed by atoms with E-state index in [1.54, 1.807) is 29.3 Å². The van der Waals surface area contributed by atoms with Crippen LogP contribution in [0.2, 0.25) is 0 Å². The minimum absolute atomic E-state index is 0.156. The number of halogens is 1. The van der Waals surface area contributed by atoms with Crippen LogP contribution < -0.4 is 19.4 Å². The molecule has 0 radical (unpaired) electrons. The Morgan fingerprint density at radius 1 is 0.812 bits per heavy atom. The van der Waals surface area contributed by atoms with Crippen molar-refractivity contribution < 1.29 is 23.9 Å². The summed E-state index contributed by atoms with van der Waals surface area (Å²) >= 11 is 3.39. The van der Waals surface area contributed by atoms with Crippen LogP contribution in [0.4, 0.5) is 11.4 Å². The molecule has 3 unspecified atom stereocenters. The van der Waals surface area contributed by atoms with E-state index in [1.807, 2.05) is 48.5 Å². The van der Waals surface area contributed by atoms with Gasteiger partial charge in [-0.15, -0.1) is 0 Å². The largest absolute Gasteiger partial charge is 0.454 e. The molecule has 2 fully saturated rings. The SMILES string of the molecule is O=C1C2ON(c3ccccc3)C(c3ccc4c(c3)OCO4)C2C(=O)N1c1ccc(Br)cc1. The van der Waals surface area contributed by atoms with Gasteiger partial charge in [0.1, 0.15) is 5.92 Å². The Balaban J connectivity index is 1.44. The molecule has 0 aliphatic carbocycles. The van der Waals surface area contributed by atoms with Crippen LogP contribution in [0.3, 0.4) is 0 Å². The van der Waals surface area contributed by atoms with Gasteiger partial charge in [-0.1, -0.05) is 40.2 Å². The van der Waals surface area contributed by atoms with E-state index < -0.39 is 18.1 Å². The first-order valence-electron chi connectivity index (χ1n) is 10.2. The quantitative estimate of drug-likeness (QED) is 0.509. The van der Waals surface area contributed by atoms with E-state index >= 15 is 0 Å². The zero-order valence-corrected chi connectivity index (χ0v) is 18.3. The van der Waals surface area contributed by atoms with E-state index in [0.717, 1.165) is 15.7 Å². The average Bonchev–Trinajstić information content (AvgIpc) is 3.50. The fourth-order valence-electron chi connectivity index (χ4n) is 4.49. The van der Waals surface area contributed by atoms with Gasteiger partial charge in [0, 0.05) is 4.47 Å². The van der Waals surface area contributed by atoms with Crippen molar-refractivity contribution in [1.82, 2.24) is 0 Å². The van der Waals surface area contributed by atoms with Gasteiger partial charge in [0.25, 0.3) is 5.91 Å². The van der Waals surface area contributed by atoms with E-state index in [0.29, 0.717) is 17.2 Å². The maximum absolute atomic E-state index is 13.6. The number of carbonyl (C=O) groups excluding carboxylic acids is 2. The lowest BCUT2D eigenvalue weighted by molar-refractivity contribution is -0.126. The third-order valence-electron chi connectivity index (χ3n) is 5.95. The standard InChI is InChI=1S/C24H17BrN2O5/c25-15-7-9-16(10-8-15)26-23(28)20-21(14-6-11-18-19(12-14)31-13-30-18)27(32-22(20)24(26)29)17-4-2-1-3-5-17/h1-12,20-22H,13H2. The molecule has 8 heteroatoms. The van der Waals surface area contributed by atoms with Gasteiger partial charge < -0.3 is 9.47 Å². The van der Waals surface area contributed by atoms with Gasteiger partial charge in [0.15, 0.2) is 17.6 Å². The van der Waals surface area contributed by atoms with Crippen LogP contribution in [0.25, 0.3) is 0 Å². The van der Waals surface area contributed by atoms with Gasteiger partial charge in [-0.05, 0) is 54.1 Å². The van der Waals surface area contributed by atoms with Crippen LogP contribution in [0, 0.1) is 5.92 Å². The molecule has 7 nitrogen and oxygen atoms in total. The van der Waals surface area contributed by atoms with E-state index in [4.69, 9.17) is 14.3 Å². The Morgan fingerprint density at radius 2 is 1.56 bits per heavy atom. The van der Waals surface area contributed by atoms with E-state index in [2.05, 4.69) is 15.9 Å². The second kappa shape index (κ2) is 7.36. The number of rotatable bonds is 3. The summed E-state index contributed by atoms with van der Waals surface area (Å²) in [4.78, 5) is 34.3. The molecule has 3 aliphatic rings. The molecule has 6 rings (SSSR count). The Morgan fingerprint density at radius 3 is 2.34 bits per heavy atom. The van der Waals surface area contributed by atoms with Gasteiger partial charge in [-0.25, -0.2) is 9.96 Å². The molecule has 3 atom stereocenters. The van der Waals surface area contributed by atoms with Crippen molar-refractivity contribution in [1.29, 1.82) is 0 Å². The van der Waals surface area contributed by atoms with Crippen LogP contribution in [-0.2, 0) is 14.4 Å². The molecular formula is C24H17BrN2O5. The van der Waals surface area contributed by atoms with Gasteiger partial charge in [-0.2, -0.15) is 0 Å². The molecule has 0 bridgehead atoms. The maximum Gasteiger partial charge on any atom is 0.266 e. The number of para-hydroxylation sites is 1. The molecule has 32 heavy (non-hydrogen) atoms. The van der Waals surface area contributed by atoms with Crippen LogP contribution in [0.5, 0.6) is 11.5 Å². The molecule has 0 spiro atoms. The molecule has 3 aromatic carbocycles. The number of anilines is 2. The number of amides is 2. The summed E-state index contributed by atoms with van der Waals surface area (Å²) in [5, 5.41) is 1.67. The number of imide groups is 1. The van der Waals surface area contributed by atoms with E-state index in [9.17, 15) is 9.59 Å². The summed E-state index contributed by atoms with van der Waals surface area (Å²) in [7, 11) is 0. The number of benzene rings is 3. The fraction of sp³-hybridized carbons (Fsp3) is 0.167. The summed E-state index contributed by atoms with van der Waals surface area (Å²) in [6, 6.07) is 21.6. The summed E-state index contributed by atoms with van der Waals surface area (Å²) < 4.78 is 11.9. The third kappa shape index (κ3) is 2.91. The number of nitrogens with zero attached hydrogens (tertiary/aromatic N) is 2.